The van der Waals surface area contributed by atoms with Gasteiger partial charge in [-0.05, 0) is 38.8 Å². The Hall–Kier alpha value is -3.67. The van der Waals surface area contributed by atoms with Crippen LogP contribution in [-0.4, -0.2) is 89.5 Å². The topological polar surface area (TPSA) is 201 Å². The molecule has 3 aromatic rings. The Morgan fingerprint density at radius 1 is 1.18 bits per heavy atom. The summed E-state index contributed by atoms with van der Waals surface area (Å²) in [6.45, 7) is 2.42. The number of nitrogens with one attached hydrogen (secondary N) is 1. The lowest BCUT2D eigenvalue weighted by atomic mass is 9.96. The lowest BCUT2D eigenvalue weighted by Gasteiger charge is -2.27. The van der Waals surface area contributed by atoms with Crippen LogP contribution in [0.25, 0.3) is 17.0 Å². The highest BCUT2D eigenvalue weighted by Gasteiger charge is 2.31. The van der Waals surface area contributed by atoms with Gasteiger partial charge < -0.3 is 36.2 Å². The summed E-state index contributed by atoms with van der Waals surface area (Å²) in [6, 6.07) is 1.88. The van der Waals surface area contributed by atoms with E-state index in [1.54, 1.807) is 10.9 Å². The lowest BCUT2D eigenvalue weighted by molar-refractivity contribution is -0.137. The summed E-state index contributed by atoms with van der Waals surface area (Å²) in [5.41, 5.74) is 5.80. The van der Waals surface area contributed by atoms with Gasteiger partial charge in [0.15, 0.2) is 12.0 Å². The second kappa shape index (κ2) is 15.6. The van der Waals surface area contributed by atoms with Crippen LogP contribution in [0.5, 0.6) is 0 Å². The number of allylic oxidation sites excluding steroid dienone is 1. The number of anilines is 1. The molecule has 16 heteroatoms. The molecule has 0 aromatic carbocycles. The van der Waals surface area contributed by atoms with E-state index in [-0.39, 0.29) is 39.4 Å². The Labute approximate surface area is 262 Å². The van der Waals surface area contributed by atoms with Crippen LogP contribution in [0.4, 0.5) is 14.5 Å². The highest BCUT2D eigenvalue weighted by molar-refractivity contribution is 7.11. The van der Waals surface area contributed by atoms with Gasteiger partial charge in [-0.1, -0.05) is 19.3 Å². The summed E-state index contributed by atoms with van der Waals surface area (Å²) in [4.78, 5) is 25.5. The number of hydrogen-bond acceptors (Lipinski definition) is 12. The quantitative estimate of drug-likeness (QED) is 0.118. The van der Waals surface area contributed by atoms with Gasteiger partial charge in [-0.15, -0.1) is 11.3 Å². The Kier molecular flexibility index (Phi) is 11.8. The van der Waals surface area contributed by atoms with Crippen LogP contribution in [0.3, 0.4) is 0 Å². The molecule has 1 aliphatic carbocycles. The summed E-state index contributed by atoms with van der Waals surface area (Å²) in [6.07, 6.45) is 2.12. The normalized spacial score (nSPS) is 18.1. The predicted octanol–water partition coefficient (Wildman–Crippen LogP) is 2.63. The van der Waals surface area contributed by atoms with Gasteiger partial charge in [0.2, 0.25) is 5.95 Å². The molecule has 1 aliphatic rings. The van der Waals surface area contributed by atoms with Crippen LogP contribution in [-0.2, 0) is 4.74 Å². The molecule has 5 unspecified atom stereocenters. The Morgan fingerprint density at radius 3 is 2.58 bits per heavy atom. The van der Waals surface area contributed by atoms with Crippen LogP contribution in [0, 0.1) is 11.8 Å². The Morgan fingerprint density at radius 2 is 1.91 bits per heavy atom. The number of amides is 1. The van der Waals surface area contributed by atoms with Gasteiger partial charge in [0.25, 0.3) is 5.91 Å². The predicted molar refractivity (Wildman–Crippen MR) is 163 cm³/mol. The third-order valence-corrected chi connectivity index (χ3v) is 8.15. The number of rotatable bonds is 13. The molecule has 3 heterocycles. The molecule has 3 aromatic heterocycles. The molecule has 45 heavy (non-hydrogen) atoms. The summed E-state index contributed by atoms with van der Waals surface area (Å²) in [7, 11) is 0. The zero-order valence-corrected chi connectivity index (χ0v) is 25.6. The fourth-order valence-electron chi connectivity index (χ4n) is 4.73. The van der Waals surface area contributed by atoms with Crippen molar-refractivity contribution in [3.63, 3.8) is 0 Å². The van der Waals surface area contributed by atoms with Crippen molar-refractivity contribution < 1.29 is 38.7 Å². The molecule has 0 spiro atoms. The van der Waals surface area contributed by atoms with Gasteiger partial charge in [-0.3, -0.25) is 14.5 Å². The fraction of sp³-hybridized carbons (Fsp3) is 0.483. The number of halogens is 2. The molecule has 0 aliphatic heterocycles. The summed E-state index contributed by atoms with van der Waals surface area (Å²) < 4.78 is 35.9. The first kappa shape index (κ1) is 34.2. The third kappa shape index (κ3) is 8.53. The number of nitrogens with two attached hydrogens (primary N) is 1. The molecular weight excluding hydrogens is 612 g/mol. The van der Waals surface area contributed by atoms with E-state index in [0.29, 0.717) is 0 Å². The first-order valence-corrected chi connectivity index (χ1v) is 15.3. The fourth-order valence-corrected chi connectivity index (χ4v) is 5.53. The van der Waals surface area contributed by atoms with Crippen molar-refractivity contribution in [2.24, 2.45) is 10.7 Å². The number of thiazole rings is 1. The van der Waals surface area contributed by atoms with E-state index in [1.807, 2.05) is 0 Å². The molecule has 1 saturated carbocycles. The molecule has 1 amide bonds. The molecule has 4 rings (SSSR count). The number of hydrogen-bond donors (Lipinski definition) is 6. The van der Waals surface area contributed by atoms with Gasteiger partial charge in [0.1, 0.15) is 34.3 Å². The minimum atomic E-state index is -1.65. The zero-order chi connectivity index (χ0) is 32.7. The van der Waals surface area contributed by atoms with Crippen LogP contribution >= 0.6 is 11.3 Å². The summed E-state index contributed by atoms with van der Waals surface area (Å²) >= 11 is 1.06. The van der Waals surface area contributed by atoms with Crippen LogP contribution < -0.4 is 11.1 Å². The molecule has 1 fully saturated rings. The maximum absolute atomic E-state index is 14.7. The molecule has 13 nitrogen and oxygen atoms in total. The third-order valence-electron chi connectivity index (χ3n) is 7.25. The van der Waals surface area contributed by atoms with Crippen LogP contribution in [0.1, 0.15) is 67.5 Å². The maximum Gasteiger partial charge on any atom is 0.275 e. The van der Waals surface area contributed by atoms with E-state index in [9.17, 15) is 34.0 Å². The molecule has 5 atom stereocenters. The number of aliphatic imine (C=N–C) groups is 1. The number of aliphatic hydroxyl groups excluding tert-OH is 4. The van der Waals surface area contributed by atoms with Crippen molar-refractivity contribution in [1.29, 1.82) is 0 Å². The van der Waals surface area contributed by atoms with Gasteiger partial charge in [-0.2, -0.15) is 9.49 Å². The number of aliphatic hydroxyl groups is 4. The maximum atomic E-state index is 14.7. The molecule has 0 saturated heterocycles. The standard InChI is InChI=1S/C29H37F2N7O6S/c1-15(13-39)44-28(26(42)25(41)16(2)40)33-11-17(10-32)29-35-21(14-45-29)27(43)34-20-12-38(18-6-4-3-5-7-18)37-24(20)23-19(30)8-9-22(31)36-23/h8-12,14-16,18,25-26,28,39-42H,3-7,13,32H2,1-2H3,(H,34,43)/b17-10+,33-11-. The van der Waals surface area contributed by atoms with Gasteiger partial charge in [0.05, 0.1) is 30.5 Å². The lowest BCUT2D eigenvalue weighted by Crippen LogP contribution is -2.45. The average molecular weight is 650 g/mol. The van der Waals surface area contributed by atoms with E-state index in [0.717, 1.165) is 55.6 Å². The first-order valence-electron chi connectivity index (χ1n) is 14.5. The second-order valence-electron chi connectivity index (χ2n) is 10.8. The van der Waals surface area contributed by atoms with Gasteiger partial charge in [-0.25, -0.2) is 14.4 Å². The molecule has 7 N–H and O–H groups in total. The van der Waals surface area contributed by atoms with E-state index in [1.165, 1.54) is 31.6 Å². The van der Waals surface area contributed by atoms with Crippen molar-refractivity contribution in [2.45, 2.75) is 82.6 Å². The van der Waals surface area contributed by atoms with E-state index >= 15 is 0 Å². The van der Waals surface area contributed by atoms with E-state index in [2.05, 4.69) is 25.4 Å². The number of aromatic nitrogens is 4. The van der Waals surface area contributed by atoms with Crippen molar-refractivity contribution in [1.82, 2.24) is 19.7 Å². The van der Waals surface area contributed by atoms with Gasteiger partial charge >= 0.3 is 0 Å². The Bertz CT molecular complexity index is 1510. The van der Waals surface area contributed by atoms with Crippen molar-refractivity contribution in [2.75, 3.05) is 11.9 Å². The first-order chi connectivity index (χ1) is 21.5. The number of pyridine rings is 1. The molecule has 0 radical (unpaired) electrons. The Balaban J connectivity index is 1.57. The van der Waals surface area contributed by atoms with Crippen molar-refractivity contribution >= 4 is 34.7 Å². The largest absolute Gasteiger partial charge is 0.404 e. The zero-order valence-electron chi connectivity index (χ0n) is 24.8. The molecular formula is C29H37F2N7O6S. The SMILES string of the molecule is CC(CO)OC(/N=C\C(=C/N)c1nc(C(=O)Nc2cn(C3CCCCC3)nc2-c2nc(F)ccc2F)cs1)C(O)C(O)C(C)O. The van der Waals surface area contributed by atoms with Crippen LogP contribution in [0.2, 0.25) is 0 Å². The summed E-state index contributed by atoms with van der Waals surface area (Å²) in [5.74, 6) is -2.34. The molecule has 0 bridgehead atoms. The van der Waals surface area contributed by atoms with Crippen molar-refractivity contribution in [3.05, 3.63) is 52.4 Å². The highest BCUT2D eigenvalue weighted by Crippen LogP contribution is 2.33. The highest BCUT2D eigenvalue weighted by atomic mass is 32.1. The van der Waals surface area contributed by atoms with Gasteiger partial charge in [0, 0.05) is 29.6 Å². The minimum absolute atomic E-state index is 0.0157. The monoisotopic (exact) mass is 649 g/mol. The number of carbonyl (C=O) groups excluding carboxylic acids is 1. The second-order valence-corrected chi connectivity index (χ2v) is 11.6. The number of carbonyl (C=O) groups is 1. The number of nitrogens with zero attached hydrogens (tertiary/aromatic N) is 5. The van der Waals surface area contributed by atoms with Crippen molar-refractivity contribution in [3.8, 4) is 11.4 Å². The summed E-state index contributed by atoms with van der Waals surface area (Å²) in [5, 5.41) is 48.6. The average Bonchev–Trinajstić information content (AvgIpc) is 3.69. The minimum Gasteiger partial charge on any atom is -0.404 e. The molecule has 244 valence electrons. The van der Waals surface area contributed by atoms with E-state index < -0.39 is 54.9 Å². The van der Waals surface area contributed by atoms with E-state index in [4.69, 9.17) is 10.5 Å². The number of ether oxygens (including phenoxy) is 1. The van der Waals surface area contributed by atoms with Crippen LogP contribution in [0.15, 0.2) is 34.9 Å². The smallest absolute Gasteiger partial charge is 0.275 e.